The fraction of sp³-hybridized carbons (Fsp3) is 0.348. The lowest BCUT2D eigenvalue weighted by Gasteiger charge is -2.34. The number of carbonyl (C=O) groups excluding carboxylic acids is 1. The second kappa shape index (κ2) is 7.09. The second-order valence-corrected chi connectivity index (χ2v) is 8.30. The molecule has 2 fully saturated rings. The predicted molar refractivity (Wildman–Crippen MR) is 118 cm³/mol. The highest BCUT2D eigenvalue weighted by Gasteiger charge is 2.33. The summed E-state index contributed by atoms with van der Waals surface area (Å²) in [6, 6.07) is 11.1. The van der Waals surface area contributed by atoms with Crippen molar-refractivity contribution >= 4 is 28.7 Å². The van der Waals surface area contributed by atoms with Crippen LogP contribution in [0.4, 0.5) is 6.01 Å². The number of imidazole rings is 1. The average Bonchev–Trinajstić information content (AvgIpc) is 3.44. The summed E-state index contributed by atoms with van der Waals surface area (Å²) in [6.07, 6.45) is 6.28. The number of oxazole rings is 1. The quantitative estimate of drug-likeness (QED) is 0.551. The number of nitrogens with one attached hydrogen (secondary N) is 1. The minimum absolute atomic E-state index is 0.0470. The largest absolute Gasteiger partial charge is 0.424 e. The molecule has 0 unspecified atom stereocenters. The van der Waals surface area contributed by atoms with Gasteiger partial charge in [0.05, 0.1) is 6.20 Å². The van der Waals surface area contributed by atoms with Crippen molar-refractivity contribution in [3.8, 4) is 11.1 Å². The van der Waals surface area contributed by atoms with Crippen LogP contribution >= 0.6 is 0 Å². The molecule has 0 atom stereocenters. The summed E-state index contributed by atoms with van der Waals surface area (Å²) in [7, 11) is 1.78. The Kier molecular flexibility index (Phi) is 4.21. The molecule has 1 saturated heterocycles. The first-order valence-corrected chi connectivity index (χ1v) is 10.8. The van der Waals surface area contributed by atoms with Crippen molar-refractivity contribution in [1.82, 2.24) is 24.2 Å². The zero-order valence-corrected chi connectivity index (χ0v) is 17.4. The van der Waals surface area contributed by atoms with Gasteiger partial charge in [-0.3, -0.25) is 14.1 Å². The van der Waals surface area contributed by atoms with Gasteiger partial charge in [-0.2, -0.15) is 4.98 Å². The summed E-state index contributed by atoms with van der Waals surface area (Å²) in [4.78, 5) is 26.6. The first-order chi connectivity index (χ1) is 15.2. The van der Waals surface area contributed by atoms with Crippen LogP contribution in [0.5, 0.6) is 0 Å². The molecule has 0 spiro atoms. The van der Waals surface area contributed by atoms with E-state index in [1.807, 2.05) is 45.8 Å². The van der Waals surface area contributed by atoms with Crippen LogP contribution in [0.2, 0.25) is 0 Å². The van der Waals surface area contributed by atoms with E-state index >= 15 is 0 Å². The number of nitrogens with zero attached hydrogens (tertiary/aromatic N) is 5. The molecule has 158 valence electrons. The van der Waals surface area contributed by atoms with Crippen LogP contribution in [0, 0.1) is 0 Å². The van der Waals surface area contributed by atoms with Crippen molar-refractivity contribution in [2.45, 2.75) is 18.9 Å². The Morgan fingerprint density at radius 2 is 1.90 bits per heavy atom. The summed E-state index contributed by atoms with van der Waals surface area (Å²) >= 11 is 0. The van der Waals surface area contributed by atoms with E-state index in [0.717, 1.165) is 60.1 Å². The number of carbonyl (C=O) groups is 1. The van der Waals surface area contributed by atoms with E-state index in [-0.39, 0.29) is 5.91 Å². The number of piperazine rings is 1. The number of amides is 1. The van der Waals surface area contributed by atoms with Gasteiger partial charge in [0.2, 0.25) is 0 Å². The minimum atomic E-state index is 0.0470. The summed E-state index contributed by atoms with van der Waals surface area (Å²) in [5.74, 6) is 0.0470. The Labute approximate surface area is 179 Å². The van der Waals surface area contributed by atoms with Crippen molar-refractivity contribution in [2.24, 2.45) is 0 Å². The van der Waals surface area contributed by atoms with E-state index in [1.54, 1.807) is 13.2 Å². The van der Waals surface area contributed by atoms with Gasteiger partial charge in [0, 0.05) is 45.5 Å². The number of hydrogen-bond donors (Lipinski definition) is 1. The zero-order valence-electron chi connectivity index (χ0n) is 17.4. The maximum absolute atomic E-state index is 13.2. The third-order valence-corrected chi connectivity index (χ3v) is 6.32. The molecule has 0 bridgehead atoms. The van der Waals surface area contributed by atoms with Gasteiger partial charge in [-0.15, -0.1) is 0 Å². The first kappa shape index (κ1) is 18.4. The molecule has 2 aliphatic rings. The van der Waals surface area contributed by atoms with Gasteiger partial charge in [0.1, 0.15) is 16.9 Å². The van der Waals surface area contributed by atoms with Crippen LogP contribution in [0.15, 0.2) is 47.1 Å². The molecule has 1 aliphatic carbocycles. The predicted octanol–water partition coefficient (Wildman–Crippen LogP) is 3.10. The third kappa shape index (κ3) is 3.23. The first-order valence-electron chi connectivity index (χ1n) is 10.8. The van der Waals surface area contributed by atoms with Crippen LogP contribution in [0.25, 0.3) is 27.9 Å². The highest BCUT2D eigenvalue weighted by molar-refractivity contribution is 5.93. The smallest absolute Gasteiger partial charge is 0.295 e. The van der Waals surface area contributed by atoms with Crippen LogP contribution < -0.4 is 5.32 Å². The van der Waals surface area contributed by atoms with Crippen LogP contribution in [-0.2, 0) is 0 Å². The SMILES string of the molecule is CNc1nc2cc(-c3ccc4ncc(C(=O)N5CCN(C6CC6)CC5)n4c3)ccc2o1. The molecular weight excluding hydrogens is 392 g/mol. The van der Waals surface area contributed by atoms with Crippen molar-refractivity contribution in [1.29, 1.82) is 0 Å². The number of fused-ring (bicyclic) bond motifs is 2. The standard InChI is InChI=1S/C23H24N6O2/c1-24-23-26-18-12-15(2-6-20(18)31-23)16-3-7-21-25-13-19(29(21)14-16)22(30)28-10-8-27(9-11-28)17-4-5-17/h2-3,6-7,12-14,17H,4-5,8-11H2,1H3,(H,24,26). The zero-order chi connectivity index (χ0) is 20.9. The van der Waals surface area contributed by atoms with E-state index in [9.17, 15) is 4.79 Å². The molecule has 1 aliphatic heterocycles. The van der Waals surface area contributed by atoms with E-state index in [0.29, 0.717) is 11.7 Å². The Balaban J connectivity index is 1.30. The number of anilines is 1. The highest BCUT2D eigenvalue weighted by Crippen LogP contribution is 2.29. The number of pyridine rings is 1. The molecule has 31 heavy (non-hydrogen) atoms. The fourth-order valence-electron chi connectivity index (χ4n) is 4.42. The summed E-state index contributed by atoms with van der Waals surface area (Å²) in [5, 5.41) is 2.92. The summed E-state index contributed by atoms with van der Waals surface area (Å²) in [6.45, 7) is 3.48. The Morgan fingerprint density at radius 1 is 1.10 bits per heavy atom. The third-order valence-electron chi connectivity index (χ3n) is 6.32. The number of benzene rings is 1. The molecule has 0 radical (unpaired) electrons. The molecule has 1 N–H and O–H groups in total. The minimum Gasteiger partial charge on any atom is -0.424 e. The molecule has 8 nitrogen and oxygen atoms in total. The Morgan fingerprint density at radius 3 is 2.68 bits per heavy atom. The number of rotatable bonds is 4. The molecule has 8 heteroatoms. The van der Waals surface area contributed by atoms with E-state index in [1.165, 1.54) is 12.8 Å². The van der Waals surface area contributed by atoms with Crippen molar-refractivity contribution < 1.29 is 9.21 Å². The van der Waals surface area contributed by atoms with Gasteiger partial charge in [-0.1, -0.05) is 6.07 Å². The fourth-order valence-corrected chi connectivity index (χ4v) is 4.42. The van der Waals surface area contributed by atoms with Crippen molar-refractivity contribution in [3.05, 3.63) is 48.4 Å². The molecule has 1 saturated carbocycles. The monoisotopic (exact) mass is 416 g/mol. The summed E-state index contributed by atoms with van der Waals surface area (Å²) in [5.41, 5.74) is 4.90. The molecule has 3 aromatic heterocycles. The lowest BCUT2D eigenvalue weighted by Crippen LogP contribution is -2.49. The van der Waals surface area contributed by atoms with E-state index in [2.05, 4.69) is 20.2 Å². The normalized spacial score (nSPS) is 17.5. The lowest BCUT2D eigenvalue weighted by molar-refractivity contribution is 0.0620. The summed E-state index contributed by atoms with van der Waals surface area (Å²) < 4.78 is 7.52. The maximum Gasteiger partial charge on any atom is 0.295 e. The Hall–Kier alpha value is -3.39. The topological polar surface area (TPSA) is 78.9 Å². The molecule has 6 rings (SSSR count). The van der Waals surface area contributed by atoms with Gasteiger partial charge in [0.15, 0.2) is 5.58 Å². The highest BCUT2D eigenvalue weighted by atomic mass is 16.4. The van der Waals surface area contributed by atoms with Gasteiger partial charge in [0.25, 0.3) is 11.9 Å². The molecule has 1 aromatic carbocycles. The van der Waals surface area contributed by atoms with Crippen molar-refractivity contribution in [2.75, 3.05) is 38.5 Å². The van der Waals surface area contributed by atoms with Crippen LogP contribution in [-0.4, -0.2) is 69.3 Å². The molecule has 4 heterocycles. The van der Waals surface area contributed by atoms with Crippen LogP contribution in [0.3, 0.4) is 0 Å². The number of hydrogen-bond acceptors (Lipinski definition) is 6. The van der Waals surface area contributed by atoms with Gasteiger partial charge in [-0.25, -0.2) is 4.98 Å². The Bertz CT molecular complexity index is 1280. The van der Waals surface area contributed by atoms with E-state index < -0.39 is 0 Å². The second-order valence-electron chi connectivity index (χ2n) is 8.30. The lowest BCUT2D eigenvalue weighted by atomic mass is 10.1. The molecular formula is C23H24N6O2. The average molecular weight is 416 g/mol. The van der Waals surface area contributed by atoms with Gasteiger partial charge in [-0.05, 0) is 48.2 Å². The number of aromatic nitrogens is 3. The van der Waals surface area contributed by atoms with E-state index in [4.69, 9.17) is 4.42 Å². The van der Waals surface area contributed by atoms with Gasteiger partial charge >= 0.3 is 0 Å². The van der Waals surface area contributed by atoms with Gasteiger partial charge < -0.3 is 14.6 Å². The molecule has 4 aromatic rings. The van der Waals surface area contributed by atoms with Crippen molar-refractivity contribution in [3.63, 3.8) is 0 Å². The molecule has 1 amide bonds. The van der Waals surface area contributed by atoms with Crippen LogP contribution in [0.1, 0.15) is 23.3 Å². The maximum atomic E-state index is 13.2.